The zero-order valence-corrected chi connectivity index (χ0v) is 13.0. The second kappa shape index (κ2) is 7.45. The number of benzene rings is 1. The maximum Gasteiger partial charge on any atom is 0.118 e. The van der Waals surface area contributed by atoms with Gasteiger partial charge in [0.1, 0.15) is 11.4 Å². The minimum atomic E-state index is 0.684. The van der Waals surface area contributed by atoms with Gasteiger partial charge in [0.2, 0.25) is 0 Å². The van der Waals surface area contributed by atoms with E-state index < -0.39 is 0 Å². The molecule has 5 heteroatoms. The molecule has 0 atom stereocenters. The highest BCUT2D eigenvalue weighted by molar-refractivity contribution is 7.98. The van der Waals surface area contributed by atoms with Crippen LogP contribution in [0.4, 0.5) is 0 Å². The normalized spacial score (nSPS) is 11.2. The minimum absolute atomic E-state index is 0.684. The molecule has 0 aliphatic rings. The van der Waals surface area contributed by atoms with Gasteiger partial charge in [-0.3, -0.25) is 0 Å². The number of hydrogen-bond acceptors (Lipinski definition) is 5. The number of thioether (sulfide) groups is 1. The largest absolute Gasteiger partial charge is 0.312 e. The van der Waals surface area contributed by atoms with Crippen LogP contribution in [-0.4, -0.2) is 16.9 Å². The van der Waals surface area contributed by atoms with Crippen molar-refractivity contribution in [3.05, 3.63) is 41.2 Å². The Kier molecular flexibility index (Phi) is 5.61. The summed E-state index contributed by atoms with van der Waals surface area (Å²) in [5, 5.41) is 11.1. The highest BCUT2D eigenvalue weighted by Crippen LogP contribution is 2.23. The second-order valence-corrected chi connectivity index (χ2v) is 6.30. The first-order valence-electron chi connectivity index (χ1n) is 6.85. The van der Waals surface area contributed by atoms with Gasteiger partial charge in [0, 0.05) is 17.2 Å². The first-order valence-corrected chi connectivity index (χ1v) is 7.84. The molecule has 0 radical (unpaired) electrons. The van der Waals surface area contributed by atoms with Crippen molar-refractivity contribution in [2.24, 2.45) is 5.92 Å². The van der Waals surface area contributed by atoms with Gasteiger partial charge in [-0.05, 0) is 37.1 Å². The van der Waals surface area contributed by atoms with Crippen molar-refractivity contribution < 1.29 is 4.63 Å². The molecule has 108 valence electrons. The fourth-order valence-corrected chi connectivity index (χ4v) is 2.63. The van der Waals surface area contributed by atoms with E-state index in [1.165, 1.54) is 10.5 Å². The predicted octanol–water partition coefficient (Wildman–Crippen LogP) is 3.42. The van der Waals surface area contributed by atoms with Crippen molar-refractivity contribution in [1.82, 2.24) is 15.6 Å². The lowest BCUT2D eigenvalue weighted by Gasteiger charge is -2.08. The van der Waals surface area contributed by atoms with E-state index in [4.69, 9.17) is 4.63 Å². The van der Waals surface area contributed by atoms with E-state index >= 15 is 0 Å². The SMILES string of the molecule is Cc1nonc1CSc1ccc(CNCC(C)C)cc1. The van der Waals surface area contributed by atoms with E-state index in [2.05, 4.69) is 53.7 Å². The Morgan fingerprint density at radius 3 is 2.55 bits per heavy atom. The fraction of sp³-hybridized carbons (Fsp3) is 0.467. The standard InChI is InChI=1S/C15H21N3OS/c1-11(2)8-16-9-13-4-6-14(7-5-13)20-10-15-12(3)17-19-18-15/h4-7,11,16H,8-10H2,1-3H3. The second-order valence-electron chi connectivity index (χ2n) is 5.25. The van der Waals surface area contributed by atoms with Gasteiger partial charge in [-0.25, -0.2) is 4.63 Å². The Bertz CT molecular complexity index is 522. The van der Waals surface area contributed by atoms with Gasteiger partial charge in [0.05, 0.1) is 0 Å². The Balaban J connectivity index is 1.81. The van der Waals surface area contributed by atoms with Crippen LogP contribution >= 0.6 is 11.8 Å². The van der Waals surface area contributed by atoms with Gasteiger partial charge < -0.3 is 5.32 Å². The monoisotopic (exact) mass is 291 g/mol. The molecule has 0 amide bonds. The van der Waals surface area contributed by atoms with E-state index in [0.717, 1.165) is 30.2 Å². The lowest BCUT2D eigenvalue weighted by Crippen LogP contribution is -2.18. The third-order valence-corrected chi connectivity index (χ3v) is 3.95. The summed E-state index contributed by atoms with van der Waals surface area (Å²) in [5.74, 6) is 1.48. The van der Waals surface area contributed by atoms with E-state index in [0.29, 0.717) is 5.92 Å². The molecular formula is C15H21N3OS. The number of nitrogens with zero attached hydrogens (tertiary/aromatic N) is 2. The molecule has 2 rings (SSSR count). The summed E-state index contributed by atoms with van der Waals surface area (Å²) in [6, 6.07) is 8.65. The maximum absolute atomic E-state index is 4.69. The van der Waals surface area contributed by atoms with Crippen molar-refractivity contribution in [3.8, 4) is 0 Å². The fourth-order valence-electron chi connectivity index (χ4n) is 1.74. The summed E-state index contributed by atoms with van der Waals surface area (Å²) >= 11 is 1.75. The highest BCUT2D eigenvalue weighted by Gasteiger charge is 2.05. The first-order chi connectivity index (χ1) is 9.65. The smallest absolute Gasteiger partial charge is 0.118 e. The molecule has 1 aromatic heterocycles. The van der Waals surface area contributed by atoms with E-state index in [9.17, 15) is 0 Å². The molecule has 0 saturated heterocycles. The summed E-state index contributed by atoms with van der Waals surface area (Å²) in [7, 11) is 0. The van der Waals surface area contributed by atoms with Crippen LogP contribution in [0.1, 0.15) is 30.8 Å². The summed E-state index contributed by atoms with van der Waals surface area (Å²) in [6.07, 6.45) is 0. The van der Waals surface area contributed by atoms with Crippen molar-refractivity contribution in [1.29, 1.82) is 0 Å². The third kappa shape index (κ3) is 4.65. The number of aromatic nitrogens is 2. The lowest BCUT2D eigenvalue weighted by molar-refractivity contribution is 0.302. The van der Waals surface area contributed by atoms with Gasteiger partial charge in [-0.15, -0.1) is 11.8 Å². The quantitative estimate of drug-likeness (QED) is 0.792. The number of aryl methyl sites for hydroxylation is 1. The molecule has 0 unspecified atom stereocenters. The Hall–Kier alpha value is -1.33. The summed E-state index contributed by atoms with van der Waals surface area (Å²) in [6.45, 7) is 8.32. The van der Waals surface area contributed by atoms with Crippen molar-refractivity contribution in [2.75, 3.05) is 6.54 Å². The molecular weight excluding hydrogens is 270 g/mol. The first kappa shape index (κ1) is 15.1. The molecule has 20 heavy (non-hydrogen) atoms. The van der Waals surface area contributed by atoms with Crippen LogP contribution < -0.4 is 5.32 Å². The molecule has 1 heterocycles. The van der Waals surface area contributed by atoms with Crippen molar-refractivity contribution >= 4 is 11.8 Å². The van der Waals surface area contributed by atoms with E-state index in [-0.39, 0.29) is 0 Å². The Labute approximate surface area is 124 Å². The van der Waals surface area contributed by atoms with Crippen LogP contribution in [0.3, 0.4) is 0 Å². The van der Waals surface area contributed by atoms with Crippen LogP contribution in [0, 0.1) is 12.8 Å². The molecule has 1 N–H and O–H groups in total. The van der Waals surface area contributed by atoms with Gasteiger partial charge in [0.25, 0.3) is 0 Å². The number of nitrogens with one attached hydrogen (secondary N) is 1. The molecule has 2 aromatic rings. The summed E-state index contributed by atoms with van der Waals surface area (Å²) in [5.41, 5.74) is 3.10. The third-order valence-electron chi connectivity index (χ3n) is 2.93. The zero-order valence-electron chi connectivity index (χ0n) is 12.2. The van der Waals surface area contributed by atoms with Crippen LogP contribution in [0.2, 0.25) is 0 Å². The van der Waals surface area contributed by atoms with Crippen LogP contribution in [0.5, 0.6) is 0 Å². The van der Waals surface area contributed by atoms with Crippen LogP contribution in [0.25, 0.3) is 0 Å². The van der Waals surface area contributed by atoms with Crippen LogP contribution in [0.15, 0.2) is 33.8 Å². The van der Waals surface area contributed by atoms with Crippen molar-refractivity contribution in [2.45, 2.75) is 38.0 Å². The molecule has 0 saturated carbocycles. The highest BCUT2D eigenvalue weighted by atomic mass is 32.2. The van der Waals surface area contributed by atoms with Crippen molar-refractivity contribution in [3.63, 3.8) is 0 Å². The molecule has 0 fully saturated rings. The Morgan fingerprint density at radius 2 is 1.95 bits per heavy atom. The van der Waals surface area contributed by atoms with Crippen LogP contribution in [-0.2, 0) is 12.3 Å². The molecule has 0 aliphatic heterocycles. The van der Waals surface area contributed by atoms with Gasteiger partial charge in [-0.1, -0.05) is 36.3 Å². The average molecular weight is 291 g/mol. The maximum atomic E-state index is 4.69. The molecule has 1 aromatic carbocycles. The number of hydrogen-bond donors (Lipinski definition) is 1. The Morgan fingerprint density at radius 1 is 1.20 bits per heavy atom. The van der Waals surface area contributed by atoms with Gasteiger partial charge in [0.15, 0.2) is 0 Å². The number of rotatable bonds is 7. The minimum Gasteiger partial charge on any atom is -0.312 e. The van der Waals surface area contributed by atoms with E-state index in [1.54, 1.807) is 11.8 Å². The average Bonchev–Trinajstić information content (AvgIpc) is 2.83. The van der Waals surface area contributed by atoms with E-state index in [1.807, 2.05) is 6.92 Å². The lowest BCUT2D eigenvalue weighted by atomic mass is 10.2. The van der Waals surface area contributed by atoms with Gasteiger partial charge in [-0.2, -0.15) is 0 Å². The molecule has 0 spiro atoms. The topological polar surface area (TPSA) is 51.0 Å². The summed E-state index contributed by atoms with van der Waals surface area (Å²) in [4.78, 5) is 1.24. The van der Waals surface area contributed by atoms with Gasteiger partial charge >= 0.3 is 0 Å². The summed E-state index contributed by atoms with van der Waals surface area (Å²) < 4.78 is 4.69. The predicted molar refractivity (Wildman–Crippen MR) is 81.6 cm³/mol. The molecule has 0 bridgehead atoms. The molecule has 4 nitrogen and oxygen atoms in total. The molecule has 0 aliphatic carbocycles. The zero-order chi connectivity index (χ0) is 14.4.